The van der Waals surface area contributed by atoms with Gasteiger partial charge < -0.3 is 14.2 Å². The van der Waals surface area contributed by atoms with Gasteiger partial charge in [-0.15, -0.1) is 0 Å². The molecule has 0 aromatic heterocycles. The largest absolute Gasteiger partial charge is 0.493 e. The van der Waals surface area contributed by atoms with Crippen molar-refractivity contribution >= 4 is 5.97 Å². The van der Waals surface area contributed by atoms with Crippen LogP contribution >= 0.6 is 0 Å². The topological polar surface area (TPSA) is 44.8 Å². The van der Waals surface area contributed by atoms with Crippen LogP contribution in [0.15, 0.2) is 18.2 Å². The molecule has 1 aromatic rings. The van der Waals surface area contributed by atoms with Gasteiger partial charge in [-0.2, -0.15) is 0 Å². The highest BCUT2D eigenvalue weighted by atomic mass is 16.5. The molecule has 1 aromatic carbocycles. The zero-order valence-electron chi connectivity index (χ0n) is 13.1. The molecule has 1 rings (SSSR count). The zero-order valence-corrected chi connectivity index (χ0v) is 13.1. The molecule has 112 valence electrons. The Kier molecular flexibility index (Phi) is 5.43. The van der Waals surface area contributed by atoms with Gasteiger partial charge in [0.15, 0.2) is 0 Å². The Labute approximate surface area is 121 Å². The van der Waals surface area contributed by atoms with Gasteiger partial charge >= 0.3 is 5.97 Å². The van der Waals surface area contributed by atoms with Crippen molar-refractivity contribution < 1.29 is 19.0 Å². The van der Waals surface area contributed by atoms with Gasteiger partial charge in [-0.05, 0) is 38.8 Å². The summed E-state index contributed by atoms with van der Waals surface area (Å²) in [7, 11) is 1.36. The number of hydrogen-bond acceptors (Lipinski definition) is 4. The van der Waals surface area contributed by atoms with Crippen molar-refractivity contribution in [2.24, 2.45) is 5.92 Å². The summed E-state index contributed by atoms with van der Waals surface area (Å²) in [4.78, 5) is 11.7. The van der Waals surface area contributed by atoms with Crippen molar-refractivity contribution in [2.75, 3.05) is 13.7 Å². The molecule has 0 N–H and O–H groups in total. The molecule has 0 bridgehead atoms. The van der Waals surface area contributed by atoms with Gasteiger partial charge in [0.2, 0.25) is 0 Å². The summed E-state index contributed by atoms with van der Waals surface area (Å²) in [6, 6.07) is 5.13. The van der Waals surface area contributed by atoms with E-state index in [1.54, 1.807) is 18.2 Å². The standard InChI is InChI=1S/C16H24O4/c1-11(2)10-19-13-7-12(15(17)18-6)8-14(9-13)20-16(3,4)5/h7-9,11H,10H2,1-6H3. The Morgan fingerprint density at radius 3 is 2.25 bits per heavy atom. The van der Waals surface area contributed by atoms with E-state index in [4.69, 9.17) is 14.2 Å². The molecule has 0 radical (unpaired) electrons. The second kappa shape index (κ2) is 6.64. The Morgan fingerprint density at radius 2 is 1.75 bits per heavy atom. The van der Waals surface area contributed by atoms with Crippen molar-refractivity contribution in [3.05, 3.63) is 23.8 Å². The van der Waals surface area contributed by atoms with Gasteiger partial charge in [-0.25, -0.2) is 4.79 Å². The van der Waals surface area contributed by atoms with Crippen LogP contribution in [-0.2, 0) is 4.74 Å². The lowest BCUT2D eigenvalue weighted by molar-refractivity contribution is 0.0598. The van der Waals surface area contributed by atoms with E-state index in [0.29, 0.717) is 29.6 Å². The third-order valence-electron chi connectivity index (χ3n) is 2.31. The molecule has 0 fully saturated rings. The van der Waals surface area contributed by atoms with Crippen molar-refractivity contribution in [3.8, 4) is 11.5 Å². The fraction of sp³-hybridized carbons (Fsp3) is 0.562. The fourth-order valence-corrected chi connectivity index (χ4v) is 1.57. The maximum Gasteiger partial charge on any atom is 0.338 e. The van der Waals surface area contributed by atoms with Crippen LogP contribution in [0.2, 0.25) is 0 Å². The Bertz CT molecular complexity index is 458. The smallest absolute Gasteiger partial charge is 0.338 e. The average Bonchev–Trinajstić information content (AvgIpc) is 2.33. The maximum atomic E-state index is 11.7. The van der Waals surface area contributed by atoms with E-state index in [1.807, 2.05) is 20.8 Å². The van der Waals surface area contributed by atoms with Crippen molar-refractivity contribution in [3.63, 3.8) is 0 Å². The third kappa shape index (κ3) is 5.51. The summed E-state index contributed by atoms with van der Waals surface area (Å²) in [6.07, 6.45) is 0. The van der Waals surface area contributed by atoms with Crippen LogP contribution in [0, 0.1) is 5.92 Å². The zero-order chi connectivity index (χ0) is 15.3. The van der Waals surface area contributed by atoms with Gasteiger partial charge in [-0.1, -0.05) is 13.8 Å². The number of ether oxygens (including phenoxy) is 3. The molecule has 0 saturated carbocycles. The first kappa shape index (κ1) is 16.3. The summed E-state index contributed by atoms with van der Waals surface area (Å²) < 4.78 is 16.2. The predicted octanol–water partition coefficient (Wildman–Crippen LogP) is 3.69. The van der Waals surface area contributed by atoms with Gasteiger partial charge in [-0.3, -0.25) is 0 Å². The van der Waals surface area contributed by atoms with Crippen LogP contribution in [0.5, 0.6) is 11.5 Å². The monoisotopic (exact) mass is 280 g/mol. The Morgan fingerprint density at radius 1 is 1.15 bits per heavy atom. The number of esters is 1. The van der Waals surface area contributed by atoms with Crippen molar-refractivity contribution in [2.45, 2.75) is 40.2 Å². The lowest BCUT2D eigenvalue weighted by atomic mass is 10.1. The number of benzene rings is 1. The highest BCUT2D eigenvalue weighted by molar-refractivity contribution is 5.90. The second-order valence-corrected chi connectivity index (χ2v) is 6.10. The van der Waals surface area contributed by atoms with Gasteiger partial charge in [0.25, 0.3) is 0 Å². The van der Waals surface area contributed by atoms with Crippen LogP contribution < -0.4 is 9.47 Å². The van der Waals surface area contributed by atoms with Crippen molar-refractivity contribution in [1.29, 1.82) is 0 Å². The molecule has 0 atom stereocenters. The van der Waals surface area contributed by atoms with E-state index < -0.39 is 5.97 Å². The van der Waals surface area contributed by atoms with Crippen LogP contribution in [0.1, 0.15) is 45.0 Å². The summed E-state index contributed by atoms with van der Waals surface area (Å²) in [5.74, 6) is 1.21. The van der Waals surface area contributed by atoms with Crippen LogP contribution in [0.3, 0.4) is 0 Å². The first-order valence-corrected chi connectivity index (χ1v) is 6.76. The first-order valence-electron chi connectivity index (χ1n) is 6.76. The minimum atomic E-state index is -0.404. The molecular weight excluding hydrogens is 256 g/mol. The van der Waals surface area contributed by atoms with Gasteiger partial charge in [0, 0.05) is 6.07 Å². The third-order valence-corrected chi connectivity index (χ3v) is 2.31. The lowest BCUT2D eigenvalue weighted by Crippen LogP contribution is -2.23. The minimum Gasteiger partial charge on any atom is -0.493 e. The minimum absolute atomic E-state index is 0.343. The van der Waals surface area contributed by atoms with E-state index in [1.165, 1.54) is 7.11 Å². The van der Waals surface area contributed by atoms with Gasteiger partial charge in [0.1, 0.15) is 17.1 Å². The Hall–Kier alpha value is -1.71. The lowest BCUT2D eigenvalue weighted by Gasteiger charge is -2.22. The molecule has 0 aliphatic carbocycles. The first-order chi connectivity index (χ1) is 9.21. The molecule has 0 saturated heterocycles. The SMILES string of the molecule is COC(=O)c1cc(OCC(C)C)cc(OC(C)(C)C)c1. The van der Waals surface area contributed by atoms with E-state index >= 15 is 0 Å². The molecule has 0 aliphatic heterocycles. The van der Waals surface area contributed by atoms with Crippen LogP contribution in [-0.4, -0.2) is 25.3 Å². The number of methoxy groups -OCH3 is 1. The van der Waals surface area contributed by atoms with E-state index in [-0.39, 0.29) is 5.60 Å². The van der Waals surface area contributed by atoms with E-state index in [9.17, 15) is 4.79 Å². The number of rotatable bonds is 5. The molecule has 20 heavy (non-hydrogen) atoms. The van der Waals surface area contributed by atoms with Gasteiger partial charge in [0.05, 0.1) is 19.3 Å². The average molecular weight is 280 g/mol. The number of carbonyl (C=O) groups is 1. The molecule has 4 heteroatoms. The summed E-state index contributed by atoms with van der Waals surface area (Å²) in [6.45, 7) is 10.6. The highest BCUT2D eigenvalue weighted by Gasteiger charge is 2.16. The molecule has 0 spiro atoms. The van der Waals surface area contributed by atoms with E-state index in [2.05, 4.69) is 13.8 Å². The quantitative estimate of drug-likeness (QED) is 0.772. The molecule has 0 heterocycles. The highest BCUT2D eigenvalue weighted by Crippen LogP contribution is 2.26. The van der Waals surface area contributed by atoms with E-state index in [0.717, 1.165) is 0 Å². The summed E-state index contributed by atoms with van der Waals surface area (Å²) >= 11 is 0. The normalized spacial score (nSPS) is 11.3. The van der Waals surface area contributed by atoms with Crippen molar-refractivity contribution in [1.82, 2.24) is 0 Å². The molecule has 0 amide bonds. The molecular formula is C16H24O4. The molecule has 0 unspecified atom stereocenters. The maximum absolute atomic E-state index is 11.7. The number of carbonyl (C=O) groups excluding carboxylic acids is 1. The van der Waals surface area contributed by atoms with Crippen LogP contribution in [0.25, 0.3) is 0 Å². The molecule has 4 nitrogen and oxygen atoms in total. The summed E-state index contributed by atoms with van der Waals surface area (Å²) in [5, 5.41) is 0. The van der Waals surface area contributed by atoms with Crippen LogP contribution in [0.4, 0.5) is 0 Å². The second-order valence-electron chi connectivity index (χ2n) is 6.10. The molecule has 0 aliphatic rings. The summed E-state index contributed by atoms with van der Waals surface area (Å²) in [5.41, 5.74) is 0.0809. The fourth-order valence-electron chi connectivity index (χ4n) is 1.57. The Balaban J connectivity index is 3.04. The predicted molar refractivity (Wildman–Crippen MR) is 78.5 cm³/mol. The number of hydrogen-bond donors (Lipinski definition) is 0.